The van der Waals surface area contributed by atoms with E-state index in [1.54, 1.807) is 38.1 Å². The van der Waals surface area contributed by atoms with Gasteiger partial charge < -0.3 is 15.0 Å². The Hall–Kier alpha value is -2.54. The number of hydrogen-bond donors (Lipinski definition) is 1. The highest BCUT2D eigenvalue weighted by Crippen LogP contribution is 2.30. The van der Waals surface area contributed by atoms with Crippen molar-refractivity contribution in [3.8, 4) is 5.75 Å². The van der Waals surface area contributed by atoms with Gasteiger partial charge in [0.25, 0.3) is 0 Å². The Morgan fingerprint density at radius 3 is 2.07 bits per heavy atom. The van der Waals surface area contributed by atoms with Gasteiger partial charge >= 0.3 is 0 Å². The summed E-state index contributed by atoms with van der Waals surface area (Å²) in [4.78, 5) is 14.2. The molecule has 1 N–H and O–H groups in total. The molecule has 2 aromatic carbocycles. The van der Waals surface area contributed by atoms with E-state index in [2.05, 4.69) is 5.32 Å². The first-order chi connectivity index (χ1) is 13.2. The number of methoxy groups -OCH3 is 1. The second-order valence-electron chi connectivity index (χ2n) is 7.09. The average Bonchev–Trinajstić information content (AvgIpc) is 2.68. The summed E-state index contributed by atoms with van der Waals surface area (Å²) in [7, 11) is 1.65. The van der Waals surface area contributed by atoms with Crippen LogP contribution in [0.4, 0.5) is 5.69 Å². The molecule has 7 heteroatoms. The van der Waals surface area contributed by atoms with Crippen molar-refractivity contribution in [1.82, 2.24) is 5.32 Å². The minimum Gasteiger partial charge on any atom is -0.497 e. The molecule has 0 bridgehead atoms. The normalized spacial score (nSPS) is 12.5. The minimum absolute atomic E-state index is 0.00663. The third-order valence-electron chi connectivity index (χ3n) is 4.53. The van der Waals surface area contributed by atoms with Gasteiger partial charge in [-0.15, -0.1) is 0 Å². The molecule has 2 aromatic rings. The van der Waals surface area contributed by atoms with E-state index in [9.17, 15) is 13.2 Å². The molecule has 0 radical (unpaired) electrons. The summed E-state index contributed by atoms with van der Waals surface area (Å²) in [5, 5.41) is 1.87. The van der Waals surface area contributed by atoms with Crippen LogP contribution in [0.1, 0.15) is 24.7 Å². The van der Waals surface area contributed by atoms with Crippen molar-refractivity contribution in [2.45, 2.75) is 24.0 Å². The summed E-state index contributed by atoms with van der Waals surface area (Å²) < 4.78 is 31.8. The van der Waals surface area contributed by atoms with Crippen molar-refractivity contribution in [3.05, 3.63) is 54.1 Å². The number of rotatable bonds is 8. The molecule has 0 aromatic heterocycles. The summed E-state index contributed by atoms with van der Waals surface area (Å²) in [5.41, 5.74) is 1.60. The van der Waals surface area contributed by atoms with Crippen LogP contribution in [0, 0.1) is 5.92 Å². The van der Waals surface area contributed by atoms with E-state index >= 15 is 0 Å². The lowest BCUT2D eigenvalue weighted by molar-refractivity contribution is -0.123. The van der Waals surface area contributed by atoms with E-state index in [1.807, 2.05) is 31.1 Å². The molecule has 2 rings (SSSR count). The zero-order valence-corrected chi connectivity index (χ0v) is 17.8. The summed E-state index contributed by atoms with van der Waals surface area (Å²) in [6.45, 7) is 3.55. The maximum absolute atomic E-state index is 13.3. The number of carbonyl (C=O) groups excluding carboxylic acids is 1. The van der Waals surface area contributed by atoms with Gasteiger partial charge in [-0.05, 0) is 42.0 Å². The van der Waals surface area contributed by atoms with Gasteiger partial charge in [-0.3, -0.25) is 4.79 Å². The first-order valence-electron chi connectivity index (χ1n) is 9.09. The highest BCUT2D eigenvalue weighted by atomic mass is 32.2. The van der Waals surface area contributed by atoms with Crippen LogP contribution in [-0.4, -0.2) is 42.1 Å². The van der Waals surface area contributed by atoms with Crippen molar-refractivity contribution in [2.24, 2.45) is 5.92 Å². The van der Waals surface area contributed by atoms with Gasteiger partial charge in [-0.25, -0.2) is 8.42 Å². The lowest BCUT2D eigenvalue weighted by Crippen LogP contribution is -2.34. The fourth-order valence-corrected chi connectivity index (χ4v) is 4.38. The van der Waals surface area contributed by atoms with Crippen molar-refractivity contribution < 1.29 is 17.9 Å². The number of amides is 1. The Morgan fingerprint density at radius 2 is 1.61 bits per heavy atom. The van der Waals surface area contributed by atoms with E-state index in [-0.39, 0.29) is 23.3 Å². The largest absolute Gasteiger partial charge is 0.497 e. The van der Waals surface area contributed by atoms with Crippen molar-refractivity contribution >= 4 is 21.4 Å². The molecule has 0 spiro atoms. The van der Waals surface area contributed by atoms with E-state index in [1.165, 1.54) is 19.2 Å². The SMILES string of the molecule is COc1ccc(S(=O)(=O)[C@H](CNC(=O)C(C)C)c2ccc(N(C)C)cc2)cc1. The Bertz CT molecular complexity index is 889. The van der Waals surface area contributed by atoms with E-state index < -0.39 is 15.1 Å². The van der Waals surface area contributed by atoms with Crippen molar-refractivity contribution in [1.29, 1.82) is 0 Å². The topological polar surface area (TPSA) is 75.7 Å². The lowest BCUT2D eigenvalue weighted by atomic mass is 10.1. The van der Waals surface area contributed by atoms with Crippen LogP contribution in [0.15, 0.2) is 53.4 Å². The van der Waals surface area contributed by atoms with Crippen molar-refractivity contribution in [2.75, 3.05) is 32.6 Å². The smallest absolute Gasteiger partial charge is 0.222 e. The van der Waals surface area contributed by atoms with Gasteiger partial charge in [-0.2, -0.15) is 0 Å². The molecule has 152 valence electrons. The second-order valence-corrected chi connectivity index (χ2v) is 9.23. The van der Waals surface area contributed by atoms with E-state index in [0.717, 1.165) is 5.69 Å². The number of hydrogen-bond acceptors (Lipinski definition) is 5. The minimum atomic E-state index is -3.72. The standard InChI is InChI=1S/C21H28N2O4S/c1-15(2)21(24)22-14-20(16-6-8-17(9-7-16)23(3)4)28(25,26)19-12-10-18(27-5)11-13-19/h6-13,15,20H,14H2,1-5H3,(H,22,24)/t20-/m1/s1. The number of carbonyl (C=O) groups is 1. The summed E-state index contributed by atoms with van der Waals surface area (Å²) >= 11 is 0. The zero-order chi connectivity index (χ0) is 20.9. The van der Waals surface area contributed by atoms with E-state index in [4.69, 9.17) is 4.74 Å². The Balaban J connectivity index is 2.41. The molecule has 28 heavy (non-hydrogen) atoms. The van der Waals surface area contributed by atoms with Crippen LogP contribution >= 0.6 is 0 Å². The molecule has 0 aliphatic heterocycles. The highest BCUT2D eigenvalue weighted by Gasteiger charge is 2.30. The Morgan fingerprint density at radius 1 is 1.04 bits per heavy atom. The quantitative estimate of drug-likeness (QED) is 0.732. The van der Waals surface area contributed by atoms with Gasteiger partial charge in [0, 0.05) is 32.2 Å². The molecule has 1 amide bonds. The number of ether oxygens (including phenoxy) is 1. The predicted octanol–water partition coefficient (Wildman–Crippen LogP) is 3.05. The zero-order valence-electron chi connectivity index (χ0n) is 17.0. The Kier molecular flexibility index (Phi) is 7.07. The molecule has 0 aliphatic carbocycles. The van der Waals surface area contributed by atoms with Gasteiger partial charge in [-0.1, -0.05) is 26.0 Å². The summed E-state index contributed by atoms with van der Waals surface area (Å²) in [5.74, 6) is 0.180. The molecule has 0 aliphatic rings. The molecule has 0 heterocycles. The Labute approximate surface area is 167 Å². The van der Waals surface area contributed by atoms with Crippen LogP contribution in [0.5, 0.6) is 5.75 Å². The summed E-state index contributed by atoms with van der Waals surface area (Å²) in [6.07, 6.45) is 0. The average molecular weight is 405 g/mol. The fraction of sp³-hybridized carbons (Fsp3) is 0.381. The van der Waals surface area contributed by atoms with Gasteiger partial charge in [0.1, 0.15) is 11.0 Å². The van der Waals surface area contributed by atoms with E-state index in [0.29, 0.717) is 11.3 Å². The molecule has 0 saturated carbocycles. The first-order valence-corrected chi connectivity index (χ1v) is 10.6. The molecule has 1 atom stereocenters. The molecular formula is C21H28N2O4S. The molecule has 0 unspecified atom stereocenters. The molecular weight excluding hydrogens is 376 g/mol. The number of anilines is 1. The van der Waals surface area contributed by atoms with Crippen LogP contribution < -0.4 is 15.0 Å². The van der Waals surface area contributed by atoms with Gasteiger partial charge in [0.15, 0.2) is 9.84 Å². The highest BCUT2D eigenvalue weighted by molar-refractivity contribution is 7.91. The van der Waals surface area contributed by atoms with Gasteiger partial charge in [0.2, 0.25) is 5.91 Å². The molecule has 0 fully saturated rings. The second kappa shape index (κ2) is 9.10. The van der Waals surface area contributed by atoms with Crippen LogP contribution in [0.25, 0.3) is 0 Å². The van der Waals surface area contributed by atoms with Crippen LogP contribution in [0.3, 0.4) is 0 Å². The predicted molar refractivity (Wildman–Crippen MR) is 112 cm³/mol. The maximum Gasteiger partial charge on any atom is 0.222 e. The first kappa shape index (κ1) is 21.8. The summed E-state index contributed by atoms with van der Waals surface area (Å²) in [6, 6.07) is 13.6. The number of sulfone groups is 1. The van der Waals surface area contributed by atoms with Gasteiger partial charge in [0.05, 0.1) is 12.0 Å². The number of benzene rings is 2. The molecule has 6 nitrogen and oxygen atoms in total. The third-order valence-corrected chi connectivity index (χ3v) is 6.65. The molecule has 0 saturated heterocycles. The maximum atomic E-state index is 13.3. The van der Waals surface area contributed by atoms with Crippen LogP contribution in [-0.2, 0) is 14.6 Å². The van der Waals surface area contributed by atoms with Crippen molar-refractivity contribution in [3.63, 3.8) is 0 Å². The monoisotopic (exact) mass is 404 g/mol. The third kappa shape index (κ3) is 5.04. The fourth-order valence-electron chi connectivity index (χ4n) is 2.72. The van der Waals surface area contributed by atoms with Crippen LogP contribution in [0.2, 0.25) is 0 Å². The number of nitrogens with zero attached hydrogens (tertiary/aromatic N) is 1. The lowest BCUT2D eigenvalue weighted by Gasteiger charge is -2.21. The number of nitrogens with one attached hydrogen (secondary N) is 1.